The van der Waals surface area contributed by atoms with Gasteiger partial charge < -0.3 is 9.47 Å². The molecule has 0 radical (unpaired) electrons. The lowest BCUT2D eigenvalue weighted by atomic mass is 9.96. The Morgan fingerprint density at radius 2 is 0.917 bits per heavy atom. The van der Waals surface area contributed by atoms with Gasteiger partial charge in [-0.15, -0.1) is 0 Å². The molecule has 0 aliphatic heterocycles. The van der Waals surface area contributed by atoms with Gasteiger partial charge in [-0.2, -0.15) is 41.9 Å². The quantitative estimate of drug-likeness (QED) is 0.108. The van der Waals surface area contributed by atoms with Crippen LogP contribution in [-0.4, -0.2) is 5.71 Å². The van der Waals surface area contributed by atoms with Gasteiger partial charge in [0.25, 0.3) is 0 Å². The van der Waals surface area contributed by atoms with Crippen LogP contribution in [0.1, 0.15) is 33.4 Å². The molecule has 11 heteroatoms. The maximum atomic E-state index is 13.0. The van der Waals surface area contributed by atoms with Gasteiger partial charge in [0, 0.05) is 22.8 Å². The third-order valence-electron chi connectivity index (χ3n) is 8.02. The summed E-state index contributed by atoms with van der Waals surface area (Å²) >= 11 is 0. The number of hydrogen-bond acceptors (Lipinski definition) is 5. The van der Waals surface area contributed by atoms with Crippen LogP contribution in [0, 0.1) is 22.8 Å². The SMILES string of the molecule is N#C/C=C1\c2cc(Oc3ccc(C(F)(F)F)cc3)ccc2-c2cc3c(cc21)-c1ccc(Oc2ccc(C(F)(F)F)cc2)cc1C3=NC#N. The number of nitrogens with zero attached hydrogens (tertiary/aromatic N) is 3. The van der Waals surface area contributed by atoms with Crippen molar-refractivity contribution in [1.82, 2.24) is 0 Å². The Morgan fingerprint density at radius 3 is 1.42 bits per heavy atom. The van der Waals surface area contributed by atoms with Crippen LogP contribution in [0.25, 0.3) is 27.8 Å². The van der Waals surface area contributed by atoms with Crippen LogP contribution < -0.4 is 9.47 Å². The van der Waals surface area contributed by atoms with Crippen molar-refractivity contribution in [1.29, 1.82) is 10.5 Å². The molecule has 0 saturated heterocycles. The highest BCUT2D eigenvalue weighted by Gasteiger charge is 2.33. The molecule has 0 bridgehead atoms. The molecule has 48 heavy (non-hydrogen) atoms. The van der Waals surface area contributed by atoms with E-state index in [0.717, 1.165) is 52.1 Å². The molecule has 0 heterocycles. The molecule has 0 unspecified atom stereocenters. The number of hydrogen-bond donors (Lipinski definition) is 0. The normalized spacial score (nSPS) is 14.5. The molecule has 5 nitrogen and oxygen atoms in total. The molecule has 0 saturated carbocycles. The van der Waals surface area contributed by atoms with Crippen LogP contribution in [0.5, 0.6) is 23.0 Å². The predicted molar refractivity (Wildman–Crippen MR) is 164 cm³/mol. The second-order valence-corrected chi connectivity index (χ2v) is 10.9. The summed E-state index contributed by atoms with van der Waals surface area (Å²) in [6, 6.07) is 24.8. The second kappa shape index (κ2) is 11.2. The van der Waals surface area contributed by atoms with Crippen molar-refractivity contribution in [2.24, 2.45) is 4.99 Å². The molecule has 234 valence electrons. The molecular weight excluding hydrogens is 632 g/mol. The van der Waals surface area contributed by atoms with E-state index >= 15 is 0 Å². The average molecular weight is 650 g/mol. The van der Waals surface area contributed by atoms with Crippen LogP contribution in [0.4, 0.5) is 26.3 Å². The number of aliphatic imine (C=N–C) groups is 1. The molecule has 2 aliphatic carbocycles. The van der Waals surface area contributed by atoms with Gasteiger partial charge >= 0.3 is 12.4 Å². The Morgan fingerprint density at radius 1 is 0.500 bits per heavy atom. The van der Waals surface area contributed by atoms with E-state index in [1.54, 1.807) is 36.4 Å². The minimum absolute atomic E-state index is 0.195. The summed E-state index contributed by atoms with van der Waals surface area (Å²) in [5, 5.41) is 19.2. The summed E-state index contributed by atoms with van der Waals surface area (Å²) in [6.07, 6.45) is -5.70. The minimum Gasteiger partial charge on any atom is -0.457 e. The Hall–Kier alpha value is -6.33. The van der Waals surface area contributed by atoms with Gasteiger partial charge in [-0.3, -0.25) is 0 Å². The first-order valence-corrected chi connectivity index (χ1v) is 14.2. The van der Waals surface area contributed by atoms with E-state index in [0.29, 0.717) is 39.5 Å². The van der Waals surface area contributed by atoms with Crippen molar-refractivity contribution >= 4 is 11.3 Å². The summed E-state index contributed by atoms with van der Waals surface area (Å²) in [5.74, 6) is 1.09. The minimum atomic E-state index is -4.48. The fourth-order valence-corrected chi connectivity index (χ4v) is 5.90. The first-order valence-electron chi connectivity index (χ1n) is 14.2. The molecule has 0 aromatic heterocycles. The predicted octanol–water partition coefficient (Wildman–Crippen LogP) is 10.5. The van der Waals surface area contributed by atoms with Gasteiger partial charge in [-0.25, -0.2) is 0 Å². The highest BCUT2D eigenvalue weighted by atomic mass is 19.4. The van der Waals surface area contributed by atoms with Crippen LogP contribution in [0.3, 0.4) is 0 Å². The molecular formula is C37H17F6N3O2. The Kier molecular flexibility index (Phi) is 7.06. The lowest BCUT2D eigenvalue weighted by Crippen LogP contribution is -2.04. The number of benzene rings is 5. The Labute approximate surface area is 268 Å². The van der Waals surface area contributed by atoms with Crippen LogP contribution >= 0.6 is 0 Å². The zero-order valence-corrected chi connectivity index (χ0v) is 24.2. The van der Waals surface area contributed by atoms with E-state index in [1.165, 1.54) is 30.3 Å². The molecule has 2 aliphatic rings. The zero-order chi connectivity index (χ0) is 33.8. The van der Waals surface area contributed by atoms with Crippen molar-refractivity contribution in [2.45, 2.75) is 12.4 Å². The fourth-order valence-electron chi connectivity index (χ4n) is 5.90. The van der Waals surface area contributed by atoms with Gasteiger partial charge in [-0.1, -0.05) is 6.07 Å². The first-order chi connectivity index (χ1) is 22.9. The van der Waals surface area contributed by atoms with E-state index < -0.39 is 23.5 Å². The number of alkyl halides is 6. The average Bonchev–Trinajstić information content (AvgIpc) is 3.51. The number of fused-ring (bicyclic) bond motifs is 6. The highest BCUT2D eigenvalue weighted by Crippen LogP contribution is 2.51. The molecule has 7 rings (SSSR count). The van der Waals surface area contributed by atoms with Gasteiger partial charge in [0.05, 0.1) is 22.9 Å². The van der Waals surface area contributed by atoms with Crippen molar-refractivity contribution in [3.63, 3.8) is 0 Å². The molecule has 0 atom stereocenters. The van der Waals surface area contributed by atoms with Crippen molar-refractivity contribution in [3.05, 3.63) is 137 Å². The fraction of sp³-hybridized carbons (Fsp3) is 0.0541. The third kappa shape index (κ3) is 5.31. The monoisotopic (exact) mass is 649 g/mol. The Balaban J connectivity index is 1.23. The molecule has 5 aromatic rings. The van der Waals surface area contributed by atoms with Gasteiger partial charge in [0.2, 0.25) is 6.19 Å². The summed E-state index contributed by atoms with van der Waals surface area (Å²) in [6.45, 7) is 0. The molecule has 5 aromatic carbocycles. The van der Waals surface area contributed by atoms with E-state index in [9.17, 15) is 36.9 Å². The summed E-state index contributed by atoms with van der Waals surface area (Å²) in [4.78, 5) is 4.10. The summed E-state index contributed by atoms with van der Waals surface area (Å²) < 4.78 is 89.6. The van der Waals surface area contributed by atoms with E-state index in [-0.39, 0.29) is 11.5 Å². The number of halogens is 6. The van der Waals surface area contributed by atoms with E-state index in [4.69, 9.17) is 9.47 Å². The van der Waals surface area contributed by atoms with Crippen LogP contribution in [0.2, 0.25) is 0 Å². The highest BCUT2D eigenvalue weighted by molar-refractivity contribution is 6.26. The molecule has 0 fully saturated rings. The van der Waals surface area contributed by atoms with E-state index in [2.05, 4.69) is 11.1 Å². The van der Waals surface area contributed by atoms with Gasteiger partial charge in [-0.05, 0) is 124 Å². The maximum Gasteiger partial charge on any atom is 0.416 e. The number of allylic oxidation sites excluding steroid dienone is 1. The standard InChI is InChI=1S/C37H17F6N3O2/c38-36(39,40)20-1-5-22(6-2-20)47-24-9-11-26-29(15-24)28(13-14-44)30-17-32-27-12-10-25(48-23-7-3-21(4-8-23)37(41,42)43)16-33(27)35(46-19-45)34(32)18-31(26)30/h1-13,15-18H/b28-13+,46-35?. The van der Waals surface area contributed by atoms with Crippen molar-refractivity contribution < 1.29 is 35.8 Å². The van der Waals surface area contributed by atoms with Crippen LogP contribution in [-0.2, 0) is 12.4 Å². The van der Waals surface area contributed by atoms with Crippen molar-refractivity contribution in [3.8, 4) is 57.5 Å². The first kappa shape index (κ1) is 30.3. The molecule has 0 spiro atoms. The number of rotatable bonds is 4. The molecule has 0 N–H and O–H groups in total. The Bertz CT molecular complexity index is 2110. The lowest BCUT2D eigenvalue weighted by Gasteiger charge is -2.10. The van der Waals surface area contributed by atoms with E-state index in [1.807, 2.05) is 18.3 Å². The zero-order valence-electron chi connectivity index (χ0n) is 24.2. The largest absolute Gasteiger partial charge is 0.457 e. The third-order valence-corrected chi connectivity index (χ3v) is 8.02. The summed E-state index contributed by atoms with van der Waals surface area (Å²) in [5.41, 5.74) is 5.08. The topological polar surface area (TPSA) is 78.4 Å². The van der Waals surface area contributed by atoms with Gasteiger partial charge in [0.15, 0.2) is 0 Å². The summed E-state index contributed by atoms with van der Waals surface area (Å²) in [7, 11) is 0. The maximum absolute atomic E-state index is 13.0. The number of nitriles is 2. The van der Waals surface area contributed by atoms with Crippen molar-refractivity contribution in [2.75, 3.05) is 0 Å². The van der Waals surface area contributed by atoms with Gasteiger partial charge in [0.1, 0.15) is 23.0 Å². The number of ether oxygens (including phenoxy) is 2. The smallest absolute Gasteiger partial charge is 0.416 e. The lowest BCUT2D eigenvalue weighted by molar-refractivity contribution is -0.138. The van der Waals surface area contributed by atoms with Crippen LogP contribution in [0.15, 0.2) is 108 Å². The second-order valence-electron chi connectivity index (χ2n) is 10.9. The molecule has 0 amide bonds.